The second-order valence-corrected chi connectivity index (χ2v) is 12.9. The number of oxazole rings is 1. The lowest BCUT2D eigenvalue weighted by Gasteiger charge is -2.24. The van der Waals surface area contributed by atoms with Crippen LogP contribution in [-0.4, -0.2) is 73.9 Å². The van der Waals surface area contributed by atoms with Crippen molar-refractivity contribution in [1.29, 1.82) is 0 Å². The molecular formula is C37H37N7O7. The van der Waals surface area contributed by atoms with Gasteiger partial charge in [0.15, 0.2) is 5.76 Å². The van der Waals surface area contributed by atoms with Crippen LogP contribution < -0.4 is 10.6 Å². The SMILES string of the molecule is Cc1noc(C)c1C(=O)N1CCCC1C(=O)Nc1ccc(-c2cnc(-c3ccc(NC(=O)C4CCCN4C(=O)c4c(C)noc4C)cc3)o2)cc1. The first-order valence-electron chi connectivity index (χ1n) is 16.8. The molecule has 2 fully saturated rings. The number of carbonyl (C=O) groups excluding carboxylic acids is 4. The Morgan fingerprint density at radius 1 is 0.667 bits per heavy atom. The number of rotatable bonds is 8. The van der Waals surface area contributed by atoms with Gasteiger partial charge in [-0.25, -0.2) is 4.98 Å². The molecule has 0 spiro atoms. The number of hydrogen-bond acceptors (Lipinski definition) is 10. The molecule has 2 N–H and O–H groups in total. The maximum Gasteiger partial charge on any atom is 0.260 e. The van der Waals surface area contributed by atoms with Gasteiger partial charge >= 0.3 is 0 Å². The first-order chi connectivity index (χ1) is 24.6. The van der Waals surface area contributed by atoms with Crippen LogP contribution in [0.4, 0.5) is 11.4 Å². The van der Waals surface area contributed by atoms with Gasteiger partial charge in [0.2, 0.25) is 17.7 Å². The number of hydrogen-bond donors (Lipinski definition) is 2. The van der Waals surface area contributed by atoms with Crippen molar-refractivity contribution in [3.05, 3.63) is 88.8 Å². The minimum atomic E-state index is -0.597. The van der Waals surface area contributed by atoms with E-state index >= 15 is 0 Å². The number of aromatic nitrogens is 3. The Hall–Kier alpha value is -6.05. The summed E-state index contributed by atoms with van der Waals surface area (Å²) in [5.41, 5.74) is 4.47. The Bertz CT molecular complexity index is 1930. The van der Waals surface area contributed by atoms with E-state index in [1.54, 1.807) is 80.1 Å². The van der Waals surface area contributed by atoms with Crippen LogP contribution in [0.15, 0.2) is 68.2 Å². The van der Waals surface area contributed by atoms with Gasteiger partial charge in [0, 0.05) is 35.6 Å². The fourth-order valence-electron chi connectivity index (χ4n) is 6.83. The van der Waals surface area contributed by atoms with Crippen LogP contribution in [-0.2, 0) is 9.59 Å². The third-order valence-electron chi connectivity index (χ3n) is 9.47. The highest BCUT2D eigenvalue weighted by Gasteiger charge is 2.38. The fourth-order valence-corrected chi connectivity index (χ4v) is 6.83. The molecule has 4 amide bonds. The van der Waals surface area contributed by atoms with E-state index in [4.69, 9.17) is 13.5 Å². The lowest BCUT2D eigenvalue weighted by molar-refractivity contribution is -0.120. The van der Waals surface area contributed by atoms with Crippen molar-refractivity contribution in [3.63, 3.8) is 0 Å². The zero-order valence-electron chi connectivity index (χ0n) is 28.7. The molecule has 51 heavy (non-hydrogen) atoms. The maximum atomic E-state index is 13.2. The van der Waals surface area contributed by atoms with Gasteiger partial charge in [-0.15, -0.1) is 0 Å². The molecule has 14 heteroatoms. The molecule has 3 aromatic heterocycles. The van der Waals surface area contributed by atoms with Crippen LogP contribution >= 0.6 is 0 Å². The predicted octanol–water partition coefficient (Wildman–Crippen LogP) is 5.70. The Morgan fingerprint density at radius 2 is 1.12 bits per heavy atom. The first kappa shape index (κ1) is 33.4. The van der Waals surface area contributed by atoms with E-state index in [0.29, 0.717) is 88.6 Å². The van der Waals surface area contributed by atoms with E-state index in [-0.39, 0.29) is 23.6 Å². The Labute approximate surface area is 293 Å². The molecular weight excluding hydrogens is 654 g/mol. The van der Waals surface area contributed by atoms with Gasteiger partial charge in [0.05, 0.1) is 17.6 Å². The average Bonchev–Trinajstić information content (AvgIpc) is 3.97. The summed E-state index contributed by atoms with van der Waals surface area (Å²) in [5.74, 6) is 0.792. The summed E-state index contributed by atoms with van der Waals surface area (Å²) >= 11 is 0. The number of carbonyl (C=O) groups is 4. The summed E-state index contributed by atoms with van der Waals surface area (Å²) in [4.78, 5) is 60.5. The number of nitrogens with zero attached hydrogens (tertiary/aromatic N) is 5. The van der Waals surface area contributed by atoms with Crippen LogP contribution in [0.2, 0.25) is 0 Å². The normalized spacial score (nSPS) is 17.2. The number of aryl methyl sites for hydroxylation is 4. The quantitative estimate of drug-likeness (QED) is 0.205. The standard InChI is InChI=1S/C37H37N7O7/c1-20-31(22(3)50-41-20)36(47)43-17-5-7-28(43)33(45)39-26-13-9-24(10-14-26)30-19-38-35(49-30)25-11-15-27(16-12-25)40-34(46)29-8-6-18-44(29)37(48)32-21(2)42-51-23(32)4/h9-16,19,28-29H,5-8,17-18H2,1-4H3,(H,39,45)(H,40,46). The summed E-state index contributed by atoms with van der Waals surface area (Å²) < 4.78 is 16.4. The zero-order valence-corrected chi connectivity index (χ0v) is 28.7. The van der Waals surface area contributed by atoms with Gasteiger partial charge in [-0.1, -0.05) is 10.3 Å². The lowest BCUT2D eigenvalue weighted by atomic mass is 10.1. The van der Waals surface area contributed by atoms with Gasteiger partial charge in [0.1, 0.15) is 34.7 Å². The smallest absolute Gasteiger partial charge is 0.260 e. The predicted molar refractivity (Wildman–Crippen MR) is 185 cm³/mol. The number of amides is 4. The van der Waals surface area contributed by atoms with Crippen molar-refractivity contribution in [2.75, 3.05) is 23.7 Å². The van der Waals surface area contributed by atoms with Gasteiger partial charge in [-0.2, -0.15) is 0 Å². The topological polar surface area (TPSA) is 177 Å². The second-order valence-electron chi connectivity index (χ2n) is 12.9. The maximum absolute atomic E-state index is 13.2. The van der Waals surface area contributed by atoms with Crippen LogP contribution in [0.5, 0.6) is 0 Å². The minimum Gasteiger partial charge on any atom is -0.436 e. The van der Waals surface area contributed by atoms with Crippen LogP contribution in [0, 0.1) is 27.7 Å². The molecule has 0 radical (unpaired) electrons. The highest BCUT2D eigenvalue weighted by molar-refractivity contribution is 6.03. The molecule has 2 aromatic carbocycles. The van der Waals surface area contributed by atoms with Crippen molar-refractivity contribution in [2.24, 2.45) is 0 Å². The second kappa shape index (κ2) is 13.7. The Morgan fingerprint density at radius 3 is 1.55 bits per heavy atom. The minimum absolute atomic E-state index is 0.251. The molecule has 7 rings (SSSR count). The summed E-state index contributed by atoms with van der Waals surface area (Å²) in [6, 6.07) is 13.1. The van der Waals surface area contributed by atoms with E-state index in [1.165, 1.54) is 0 Å². The van der Waals surface area contributed by atoms with Crippen molar-refractivity contribution in [3.8, 4) is 22.8 Å². The first-order valence-corrected chi connectivity index (χ1v) is 16.8. The molecule has 2 aliphatic rings. The number of benzene rings is 2. The van der Waals surface area contributed by atoms with Gasteiger partial charge < -0.3 is 33.9 Å². The van der Waals surface area contributed by atoms with E-state index in [1.807, 2.05) is 12.1 Å². The summed E-state index contributed by atoms with van der Waals surface area (Å²) in [5, 5.41) is 13.6. The molecule has 5 aromatic rings. The monoisotopic (exact) mass is 691 g/mol. The third kappa shape index (κ3) is 6.52. The molecule has 2 atom stereocenters. The van der Waals surface area contributed by atoms with E-state index in [9.17, 15) is 19.2 Å². The summed E-state index contributed by atoms with van der Waals surface area (Å²) in [7, 11) is 0. The molecule has 5 heterocycles. The van der Waals surface area contributed by atoms with Crippen molar-refractivity contribution >= 4 is 35.0 Å². The van der Waals surface area contributed by atoms with Gasteiger partial charge in [0.25, 0.3) is 11.8 Å². The number of nitrogens with one attached hydrogen (secondary N) is 2. The van der Waals surface area contributed by atoms with Gasteiger partial charge in [-0.3, -0.25) is 19.2 Å². The van der Waals surface area contributed by atoms with Crippen molar-refractivity contribution in [2.45, 2.75) is 65.5 Å². The molecule has 2 aliphatic heterocycles. The van der Waals surface area contributed by atoms with E-state index < -0.39 is 12.1 Å². The highest BCUT2D eigenvalue weighted by atomic mass is 16.5. The number of anilines is 2. The summed E-state index contributed by atoms with van der Waals surface area (Å²) in [6.07, 6.45) is 4.21. The average molecular weight is 692 g/mol. The Balaban J connectivity index is 0.958. The number of likely N-dealkylation sites (tertiary alicyclic amines) is 2. The summed E-state index contributed by atoms with van der Waals surface area (Å²) in [6.45, 7) is 7.78. The molecule has 0 aliphatic carbocycles. The molecule has 2 unspecified atom stereocenters. The van der Waals surface area contributed by atoms with E-state index in [2.05, 4.69) is 25.9 Å². The molecule has 0 bridgehead atoms. The van der Waals surface area contributed by atoms with Crippen LogP contribution in [0.3, 0.4) is 0 Å². The third-order valence-corrected chi connectivity index (χ3v) is 9.47. The van der Waals surface area contributed by atoms with Gasteiger partial charge in [-0.05, 0) is 102 Å². The van der Waals surface area contributed by atoms with E-state index in [0.717, 1.165) is 18.4 Å². The molecule has 2 saturated heterocycles. The largest absolute Gasteiger partial charge is 0.436 e. The molecule has 0 saturated carbocycles. The molecule has 262 valence electrons. The lowest BCUT2D eigenvalue weighted by Crippen LogP contribution is -2.43. The fraction of sp³-hybridized carbons (Fsp3) is 0.324. The molecule has 14 nitrogen and oxygen atoms in total. The Kier molecular flexibility index (Phi) is 8.98. The van der Waals surface area contributed by atoms with Crippen molar-refractivity contribution in [1.82, 2.24) is 25.1 Å². The van der Waals surface area contributed by atoms with Crippen LogP contribution in [0.25, 0.3) is 22.8 Å². The van der Waals surface area contributed by atoms with Crippen molar-refractivity contribution < 1.29 is 32.6 Å². The highest BCUT2D eigenvalue weighted by Crippen LogP contribution is 2.30. The van der Waals surface area contributed by atoms with Crippen LogP contribution in [0.1, 0.15) is 69.3 Å². The zero-order chi connectivity index (χ0) is 35.8.